The lowest BCUT2D eigenvalue weighted by Gasteiger charge is -2.09. The number of rotatable bonds is 3. The third kappa shape index (κ3) is 3.05. The summed E-state index contributed by atoms with van der Waals surface area (Å²) >= 11 is 6.19. The van der Waals surface area contributed by atoms with Crippen molar-refractivity contribution in [2.75, 3.05) is 5.32 Å². The van der Waals surface area contributed by atoms with Crippen LogP contribution in [0.2, 0.25) is 5.02 Å². The zero-order valence-corrected chi connectivity index (χ0v) is 14.2. The number of hydrogen-bond donors (Lipinski definition) is 2. The second-order valence-corrected chi connectivity index (χ2v) is 6.14. The second-order valence-electron chi connectivity index (χ2n) is 5.73. The molecular formula is C20H13ClFN3O. The van der Waals surface area contributed by atoms with Crippen LogP contribution in [0.25, 0.3) is 22.4 Å². The number of hydrogen-bond acceptors (Lipinski definition) is 2. The number of amides is 1. The first-order valence-corrected chi connectivity index (χ1v) is 8.30. The molecule has 0 saturated carbocycles. The quantitative estimate of drug-likeness (QED) is 0.519. The molecule has 6 heteroatoms. The predicted octanol–water partition coefficient (Wildman–Crippen LogP) is 5.27. The SMILES string of the molecule is O=C(Nc1cc(-c2nc3ccccc3[nH]2)ccc1Cl)c1ccccc1F. The Balaban J connectivity index is 1.68. The van der Waals surface area contributed by atoms with Crippen LogP contribution in [0.15, 0.2) is 66.7 Å². The van der Waals surface area contributed by atoms with Gasteiger partial charge >= 0.3 is 0 Å². The summed E-state index contributed by atoms with van der Waals surface area (Å²) < 4.78 is 13.8. The molecule has 0 spiro atoms. The number of aromatic nitrogens is 2. The number of fused-ring (bicyclic) bond motifs is 1. The van der Waals surface area contributed by atoms with Gasteiger partial charge < -0.3 is 10.3 Å². The molecule has 0 radical (unpaired) electrons. The highest BCUT2D eigenvalue weighted by molar-refractivity contribution is 6.34. The lowest BCUT2D eigenvalue weighted by atomic mass is 10.1. The minimum atomic E-state index is -0.588. The van der Waals surface area contributed by atoms with Crippen molar-refractivity contribution < 1.29 is 9.18 Å². The number of aromatic amines is 1. The maximum Gasteiger partial charge on any atom is 0.258 e. The van der Waals surface area contributed by atoms with Crippen molar-refractivity contribution in [3.63, 3.8) is 0 Å². The number of benzene rings is 3. The number of nitrogens with one attached hydrogen (secondary N) is 2. The molecule has 4 nitrogen and oxygen atoms in total. The molecule has 26 heavy (non-hydrogen) atoms. The number of para-hydroxylation sites is 2. The molecule has 0 saturated heterocycles. The van der Waals surface area contributed by atoms with E-state index in [1.165, 1.54) is 18.2 Å². The molecule has 0 atom stereocenters. The fraction of sp³-hybridized carbons (Fsp3) is 0. The van der Waals surface area contributed by atoms with Gasteiger partial charge in [0.15, 0.2) is 0 Å². The number of imidazole rings is 1. The van der Waals surface area contributed by atoms with Crippen molar-refractivity contribution in [3.05, 3.63) is 83.1 Å². The summed E-state index contributed by atoms with van der Waals surface area (Å²) in [5.74, 6) is -0.495. The minimum absolute atomic E-state index is 0.0438. The minimum Gasteiger partial charge on any atom is -0.338 e. The van der Waals surface area contributed by atoms with Gasteiger partial charge in [-0.2, -0.15) is 0 Å². The van der Waals surface area contributed by atoms with Crippen LogP contribution in [-0.4, -0.2) is 15.9 Å². The Morgan fingerprint density at radius 2 is 1.81 bits per heavy atom. The van der Waals surface area contributed by atoms with Gasteiger partial charge in [-0.25, -0.2) is 9.37 Å². The molecule has 0 bridgehead atoms. The third-order valence-electron chi connectivity index (χ3n) is 4.00. The van der Waals surface area contributed by atoms with Crippen molar-refractivity contribution in [2.24, 2.45) is 0 Å². The standard InChI is InChI=1S/C20H13ClFN3O/c21-14-10-9-12(19-23-16-7-3-4-8-17(16)24-19)11-18(14)25-20(26)13-5-1-2-6-15(13)22/h1-11H,(H,23,24)(H,25,26). The Labute approximate surface area is 153 Å². The van der Waals surface area contributed by atoms with Crippen molar-refractivity contribution in [2.45, 2.75) is 0 Å². The molecule has 4 rings (SSSR count). The van der Waals surface area contributed by atoms with Gasteiger partial charge in [0.05, 0.1) is 27.3 Å². The van der Waals surface area contributed by atoms with Gasteiger partial charge in [-0.3, -0.25) is 4.79 Å². The number of H-pyrrole nitrogens is 1. The third-order valence-corrected chi connectivity index (χ3v) is 4.33. The molecule has 1 heterocycles. The summed E-state index contributed by atoms with van der Waals surface area (Å²) in [6.07, 6.45) is 0. The van der Waals surface area contributed by atoms with E-state index in [1.807, 2.05) is 24.3 Å². The van der Waals surface area contributed by atoms with Gasteiger partial charge in [0.25, 0.3) is 5.91 Å². The van der Waals surface area contributed by atoms with E-state index in [4.69, 9.17) is 11.6 Å². The van der Waals surface area contributed by atoms with E-state index in [0.717, 1.165) is 16.6 Å². The van der Waals surface area contributed by atoms with Gasteiger partial charge in [0, 0.05) is 5.56 Å². The molecule has 1 aromatic heterocycles. The first-order valence-electron chi connectivity index (χ1n) is 7.92. The topological polar surface area (TPSA) is 57.8 Å². The fourth-order valence-corrected chi connectivity index (χ4v) is 2.86. The lowest BCUT2D eigenvalue weighted by molar-refractivity contribution is 0.102. The summed E-state index contributed by atoms with van der Waals surface area (Å²) in [6.45, 7) is 0. The van der Waals surface area contributed by atoms with E-state index in [9.17, 15) is 9.18 Å². The van der Waals surface area contributed by atoms with Crippen molar-refractivity contribution in [1.29, 1.82) is 0 Å². The van der Waals surface area contributed by atoms with Crippen LogP contribution in [-0.2, 0) is 0 Å². The number of nitrogens with zero attached hydrogens (tertiary/aromatic N) is 1. The Morgan fingerprint density at radius 1 is 1.04 bits per heavy atom. The van der Waals surface area contributed by atoms with E-state index in [-0.39, 0.29) is 5.56 Å². The van der Waals surface area contributed by atoms with Crippen LogP contribution in [0.3, 0.4) is 0 Å². The summed E-state index contributed by atoms with van der Waals surface area (Å²) in [5, 5.41) is 3.01. The van der Waals surface area contributed by atoms with Crippen LogP contribution in [0, 0.1) is 5.82 Å². The highest BCUT2D eigenvalue weighted by atomic mass is 35.5. The maximum absolute atomic E-state index is 13.8. The van der Waals surface area contributed by atoms with Crippen LogP contribution in [0.4, 0.5) is 10.1 Å². The summed E-state index contributed by atoms with van der Waals surface area (Å²) in [5.41, 5.74) is 2.86. The molecule has 1 amide bonds. The van der Waals surface area contributed by atoms with E-state index < -0.39 is 11.7 Å². The molecule has 0 aliphatic heterocycles. The van der Waals surface area contributed by atoms with E-state index >= 15 is 0 Å². The van der Waals surface area contributed by atoms with Crippen LogP contribution < -0.4 is 5.32 Å². The fourth-order valence-electron chi connectivity index (χ4n) is 2.69. The predicted molar refractivity (Wildman–Crippen MR) is 101 cm³/mol. The zero-order chi connectivity index (χ0) is 18.1. The number of carbonyl (C=O) groups excluding carboxylic acids is 1. The molecular weight excluding hydrogens is 353 g/mol. The molecule has 2 N–H and O–H groups in total. The Kier molecular flexibility index (Phi) is 4.14. The maximum atomic E-state index is 13.8. The average molecular weight is 366 g/mol. The number of halogens is 2. The molecule has 0 aliphatic carbocycles. The average Bonchev–Trinajstić information content (AvgIpc) is 3.08. The molecule has 0 fully saturated rings. The van der Waals surface area contributed by atoms with Crippen molar-refractivity contribution >= 4 is 34.2 Å². The monoisotopic (exact) mass is 365 g/mol. The molecule has 0 unspecified atom stereocenters. The van der Waals surface area contributed by atoms with Gasteiger partial charge in [0.1, 0.15) is 11.6 Å². The van der Waals surface area contributed by atoms with Crippen LogP contribution in [0.5, 0.6) is 0 Å². The van der Waals surface area contributed by atoms with Crippen molar-refractivity contribution in [3.8, 4) is 11.4 Å². The largest absolute Gasteiger partial charge is 0.338 e. The number of anilines is 1. The molecule has 3 aromatic carbocycles. The lowest BCUT2D eigenvalue weighted by Crippen LogP contribution is -2.14. The summed E-state index contributed by atoms with van der Waals surface area (Å²) in [4.78, 5) is 20.1. The molecule has 4 aromatic rings. The first kappa shape index (κ1) is 16.3. The zero-order valence-electron chi connectivity index (χ0n) is 13.5. The van der Waals surface area contributed by atoms with Gasteiger partial charge in [-0.05, 0) is 42.5 Å². The van der Waals surface area contributed by atoms with E-state index in [0.29, 0.717) is 16.5 Å². The smallest absolute Gasteiger partial charge is 0.258 e. The normalized spacial score (nSPS) is 10.8. The second kappa shape index (κ2) is 6.61. The van der Waals surface area contributed by atoms with E-state index in [2.05, 4.69) is 15.3 Å². The van der Waals surface area contributed by atoms with Gasteiger partial charge in [0.2, 0.25) is 0 Å². The highest BCUT2D eigenvalue weighted by Gasteiger charge is 2.14. The van der Waals surface area contributed by atoms with Crippen molar-refractivity contribution in [1.82, 2.24) is 9.97 Å². The summed E-state index contributed by atoms with van der Waals surface area (Å²) in [7, 11) is 0. The van der Waals surface area contributed by atoms with Gasteiger partial charge in [-0.15, -0.1) is 0 Å². The molecule has 128 valence electrons. The Morgan fingerprint density at radius 3 is 2.62 bits per heavy atom. The highest BCUT2D eigenvalue weighted by Crippen LogP contribution is 2.29. The summed E-state index contributed by atoms with van der Waals surface area (Å²) in [6, 6.07) is 18.6. The van der Waals surface area contributed by atoms with E-state index in [1.54, 1.807) is 24.3 Å². The Bertz CT molecular complexity index is 1090. The van der Waals surface area contributed by atoms with Crippen LogP contribution >= 0.6 is 11.6 Å². The van der Waals surface area contributed by atoms with Crippen LogP contribution in [0.1, 0.15) is 10.4 Å². The molecule has 0 aliphatic rings. The van der Waals surface area contributed by atoms with Gasteiger partial charge in [-0.1, -0.05) is 35.9 Å². The number of carbonyl (C=O) groups is 1. The Hall–Kier alpha value is -3.18. The first-order chi connectivity index (χ1) is 12.6.